The fourth-order valence-electron chi connectivity index (χ4n) is 2.37. The van der Waals surface area contributed by atoms with Gasteiger partial charge >= 0.3 is 5.97 Å². The van der Waals surface area contributed by atoms with Gasteiger partial charge in [-0.15, -0.1) is 0 Å². The number of H-pyrrole nitrogens is 1. The monoisotopic (exact) mass is 315 g/mol. The van der Waals surface area contributed by atoms with Gasteiger partial charge in [-0.1, -0.05) is 30.3 Å². The number of hydrogen-bond donors (Lipinski definition) is 2. The lowest BCUT2D eigenvalue weighted by Gasteiger charge is -2.05. The molecule has 0 fully saturated rings. The number of aromatic amines is 1. The van der Waals surface area contributed by atoms with Crippen molar-refractivity contribution in [1.82, 2.24) is 4.98 Å². The second kappa shape index (κ2) is 5.31. The molecule has 0 aliphatic heterocycles. The zero-order chi connectivity index (χ0) is 15.7. The van der Waals surface area contributed by atoms with Gasteiger partial charge in [-0.05, 0) is 29.8 Å². The molecule has 6 heteroatoms. The molecule has 22 heavy (non-hydrogen) atoms. The highest BCUT2D eigenvalue weighted by molar-refractivity contribution is 7.90. The molecule has 3 aromatic rings. The van der Waals surface area contributed by atoms with E-state index in [0.717, 1.165) is 0 Å². The van der Waals surface area contributed by atoms with Gasteiger partial charge in [-0.2, -0.15) is 0 Å². The Labute approximate surface area is 127 Å². The van der Waals surface area contributed by atoms with Gasteiger partial charge in [0, 0.05) is 10.9 Å². The van der Waals surface area contributed by atoms with Gasteiger partial charge in [-0.3, -0.25) is 0 Å². The second-order valence-electron chi connectivity index (χ2n) is 4.94. The van der Waals surface area contributed by atoms with Gasteiger partial charge in [0.1, 0.15) is 5.69 Å². The van der Waals surface area contributed by atoms with Crippen molar-refractivity contribution in [2.24, 2.45) is 0 Å². The maximum absolute atomic E-state index is 12.5. The van der Waals surface area contributed by atoms with Crippen LogP contribution in [-0.2, 0) is 15.6 Å². The summed E-state index contributed by atoms with van der Waals surface area (Å²) >= 11 is 0. The highest BCUT2D eigenvalue weighted by Crippen LogP contribution is 2.24. The number of fused-ring (bicyclic) bond motifs is 1. The Hall–Kier alpha value is -2.60. The van der Waals surface area contributed by atoms with Crippen LogP contribution in [0.3, 0.4) is 0 Å². The number of carboxylic acids is 1. The van der Waals surface area contributed by atoms with E-state index in [-0.39, 0.29) is 16.3 Å². The summed E-state index contributed by atoms with van der Waals surface area (Å²) in [6, 6.07) is 14.8. The zero-order valence-corrected chi connectivity index (χ0v) is 12.3. The summed E-state index contributed by atoms with van der Waals surface area (Å²) in [5.74, 6) is -1.25. The Morgan fingerprint density at radius 3 is 2.45 bits per heavy atom. The summed E-state index contributed by atoms with van der Waals surface area (Å²) in [5, 5.41) is 9.65. The number of rotatable bonds is 4. The fraction of sp³-hybridized carbons (Fsp3) is 0.0625. The lowest BCUT2D eigenvalue weighted by Crippen LogP contribution is -2.04. The van der Waals surface area contributed by atoms with Crippen LogP contribution in [-0.4, -0.2) is 24.5 Å². The molecule has 112 valence electrons. The number of aromatic nitrogens is 1. The van der Waals surface area contributed by atoms with Gasteiger partial charge in [0.15, 0.2) is 9.84 Å². The van der Waals surface area contributed by atoms with Gasteiger partial charge in [0.05, 0.1) is 10.6 Å². The van der Waals surface area contributed by atoms with E-state index >= 15 is 0 Å². The SMILES string of the molecule is O=C(O)c1cc2c(CS(=O)(=O)c3ccccc3)cccc2[nH]1. The van der Waals surface area contributed by atoms with Gasteiger partial charge in [-0.25, -0.2) is 13.2 Å². The molecule has 0 spiro atoms. The Kier molecular flexibility index (Phi) is 3.46. The van der Waals surface area contributed by atoms with Crippen molar-refractivity contribution < 1.29 is 18.3 Å². The lowest BCUT2D eigenvalue weighted by atomic mass is 10.1. The van der Waals surface area contributed by atoms with Crippen molar-refractivity contribution in [2.45, 2.75) is 10.6 Å². The quantitative estimate of drug-likeness (QED) is 0.775. The Morgan fingerprint density at radius 2 is 1.77 bits per heavy atom. The molecular formula is C16H13NO4S. The minimum Gasteiger partial charge on any atom is -0.477 e. The maximum Gasteiger partial charge on any atom is 0.352 e. The molecule has 0 aliphatic rings. The van der Waals surface area contributed by atoms with Crippen LogP contribution in [0.5, 0.6) is 0 Å². The number of nitrogens with one attached hydrogen (secondary N) is 1. The van der Waals surface area contributed by atoms with Crippen molar-refractivity contribution in [3.8, 4) is 0 Å². The van der Waals surface area contributed by atoms with E-state index in [1.807, 2.05) is 0 Å². The number of aromatic carboxylic acids is 1. The molecule has 2 aromatic carbocycles. The molecule has 3 rings (SSSR count). The lowest BCUT2D eigenvalue weighted by molar-refractivity contribution is 0.0691. The molecule has 0 amide bonds. The average molecular weight is 315 g/mol. The topological polar surface area (TPSA) is 87.2 Å². The molecule has 0 saturated heterocycles. The van der Waals surface area contributed by atoms with Crippen LogP contribution >= 0.6 is 0 Å². The van der Waals surface area contributed by atoms with Crippen LogP contribution < -0.4 is 0 Å². The Bertz CT molecular complexity index is 943. The third-order valence-electron chi connectivity index (χ3n) is 3.43. The highest BCUT2D eigenvalue weighted by atomic mass is 32.2. The summed E-state index contributed by atoms with van der Waals surface area (Å²) in [7, 11) is -3.48. The third-order valence-corrected chi connectivity index (χ3v) is 5.11. The first kappa shape index (κ1) is 14.3. The molecule has 2 N–H and O–H groups in total. The first-order chi connectivity index (χ1) is 10.5. The molecule has 0 atom stereocenters. The van der Waals surface area contributed by atoms with Gasteiger partial charge in [0.25, 0.3) is 0 Å². The van der Waals surface area contributed by atoms with Crippen LogP contribution in [0, 0.1) is 0 Å². The Balaban J connectivity index is 2.06. The smallest absolute Gasteiger partial charge is 0.352 e. The van der Waals surface area contributed by atoms with Crippen LogP contribution in [0.1, 0.15) is 16.1 Å². The standard InChI is InChI=1S/C16H13NO4S/c18-16(19)15-9-13-11(5-4-8-14(13)17-15)10-22(20,21)12-6-2-1-3-7-12/h1-9,17H,10H2,(H,18,19). The number of carbonyl (C=O) groups is 1. The molecule has 0 bridgehead atoms. The van der Waals surface area contributed by atoms with E-state index in [4.69, 9.17) is 5.11 Å². The van der Waals surface area contributed by atoms with E-state index in [0.29, 0.717) is 16.5 Å². The fourth-order valence-corrected chi connectivity index (χ4v) is 3.77. The van der Waals surface area contributed by atoms with E-state index < -0.39 is 15.8 Å². The second-order valence-corrected chi connectivity index (χ2v) is 6.93. The van der Waals surface area contributed by atoms with Crippen molar-refractivity contribution >= 4 is 26.7 Å². The minimum atomic E-state index is -3.48. The molecule has 1 heterocycles. The normalized spacial score (nSPS) is 11.6. The average Bonchev–Trinajstić information content (AvgIpc) is 2.93. The van der Waals surface area contributed by atoms with Crippen LogP contribution in [0.4, 0.5) is 0 Å². The van der Waals surface area contributed by atoms with E-state index in [1.54, 1.807) is 48.5 Å². The van der Waals surface area contributed by atoms with E-state index in [9.17, 15) is 13.2 Å². The summed E-state index contributed by atoms with van der Waals surface area (Å²) < 4.78 is 24.9. The summed E-state index contributed by atoms with van der Waals surface area (Å²) in [4.78, 5) is 14.1. The number of benzene rings is 2. The Morgan fingerprint density at radius 1 is 1.05 bits per heavy atom. The van der Waals surface area contributed by atoms with E-state index in [1.165, 1.54) is 6.07 Å². The van der Waals surface area contributed by atoms with Crippen LogP contribution in [0.2, 0.25) is 0 Å². The van der Waals surface area contributed by atoms with Crippen LogP contribution in [0.15, 0.2) is 59.5 Å². The molecule has 0 radical (unpaired) electrons. The van der Waals surface area contributed by atoms with Crippen molar-refractivity contribution in [3.63, 3.8) is 0 Å². The van der Waals surface area contributed by atoms with Crippen LogP contribution in [0.25, 0.3) is 10.9 Å². The predicted molar refractivity (Wildman–Crippen MR) is 82.6 cm³/mol. The maximum atomic E-state index is 12.5. The number of hydrogen-bond acceptors (Lipinski definition) is 3. The minimum absolute atomic E-state index is 0.0413. The highest BCUT2D eigenvalue weighted by Gasteiger charge is 2.18. The van der Waals surface area contributed by atoms with E-state index in [2.05, 4.69) is 4.98 Å². The molecule has 0 unspecified atom stereocenters. The van der Waals surface area contributed by atoms with Gasteiger partial charge < -0.3 is 10.1 Å². The zero-order valence-electron chi connectivity index (χ0n) is 11.5. The predicted octanol–water partition coefficient (Wildman–Crippen LogP) is 2.84. The first-order valence-electron chi connectivity index (χ1n) is 6.59. The molecule has 5 nitrogen and oxygen atoms in total. The molecule has 1 aromatic heterocycles. The summed E-state index contributed by atoms with van der Waals surface area (Å²) in [6.07, 6.45) is 0. The number of carboxylic acid groups (broad SMARTS) is 1. The van der Waals surface area contributed by atoms with Crippen molar-refractivity contribution in [1.29, 1.82) is 0 Å². The van der Waals surface area contributed by atoms with Crippen molar-refractivity contribution in [3.05, 3.63) is 65.9 Å². The van der Waals surface area contributed by atoms with Crippen molar-refractivity contribution in [2.75, 3.05) is 0 Å². The third kappa shape index (κ3) is 2.60. The largest absolute Gasteiger partial charge is 0.477 e. The summed E-state index contributed by atoms with van der Waals surface area (Å²) in [5.41, 5.74) is 1.22. The molecule has 0 saturated carbocycles. The van der Waals surface area contributed by atoms with Gasteiger partial charge in [0.2, 0.25) is 0 Å². The molecule has 0 aliphatic carbocycles. The number of sulfone groups is 1. The summed E-state index contributed by atoms with van der Waals surface area (Å²) in [6.45, 7) is 0. The first-order valence-corrected chi connectivity index (χ1v) is 8.24. The molecular weight excluding hydrogens is 302 g/mol.